The smallest absolute Gasteiger partial charge is 0.353 e. The third kappa shape index (κ3) is 5.17. The van der Waals surface area contributed by atoms with Gasteiger partial charge in [0.25, 0.3) is 5.56 Å². The summed E-state index contributed by atoms with van der Waals surface area (Å²) in [5.74, 6) is -0.501. The van der Waals surface area contributed by atoms with E-state index >= 15 is 0 Å². The van der Waals surface area contributed by atoms with Gasteiger partial charge in [0.2, 0.25) is 5.91 Å². The van der Waals surface area contributed by atoms with Crippen molar-refractivity contribution in [1.82, 2.24) is 14.5 Å². The fraction of sp³-hybridized carbons (Fsp3) is 0.292. The number of halogens is 5. The molecule has 2 heterocycles. The van der Waals surface area contributed by atoms with Gasteiger partial charge in [0, 0.05) is 43.7 Å². The minimum Gasteiger partial charge on any atom is -0.353 e. The standard InChI is InChI=1S/C24H21ClF4N4O2/c1-2-21(34)32-11-9-31(10-12-32)20-14-22(35)33(17-6-3-15(4-7-17)24(27,28)29)23(30-20)18-8-5-16(25)13-19(18)26/h3-8,13-14H,2,9-12H2,1H3. The molecule has 1 saturated heterocycles. The summed E-state index contributed by atoms with van der Waals surface area (Å²) in [6, 6.07) is 9.10. The van der Waals surface area contributed by atoms with Gasteiger partial charge in [-0.05, 0) is 42.5 Å². The van der Waals surface area contributed by atoms with E-state index in [1.165, 1.54) is 18.2 Å². The molecule has 0 saturated carbocycles. The van der Waals surface area contributed by atoms with Crippen LogP contribution in [0, 0.1) is 5.82 Å². The van der Waals surface area contributed by atoms with E-state index in [4.69, 9.17) is 11.6 Å². The van der Waals surface area contributed by atoms with Crippen molar-refractivity contribution in [2.45, 2.75) is 19.5 Å². The van der Waals surface area contributed by atoms with Gasteiger partial charge in [-0.2, -0.15) is 13.2 Å². The third-order valence-corrected chi connectivity index (χ3v) is 6.02. The van der Waals surface area contributed by atoms with E-state index in [9.17, 15) is 27.2 Å². The highest BCUT2D eigenvalue weighted by molar-refractivity contribution is 6.30. The number of benzene rings is 2. The first-order valence-electron chi connectivity index (χ1n) is 10.9. The van der Waals surface area contributed by atoms with E-state index in [1.54, 1.807) is 11.8 Å². The van der Waals surface area contributed by atoms with E-state index in [1.807, 2.05) is 4.90 Å². The number of aromatic nitrogens is 2. The highest BCUT2D eigenvalue weighted by Gasteiger charge is 2.30. The van der Waals surface area contributed by atoms with E-state index in [2.05, 4.69) is 4.98 Å². The lowest BCUT2D eigenvalue weighted by Gasteiger charge is -2.35. The molecular weight excluding hydrogens is 488 g/mol. The van der Waals surface area contributed by atoms with Crippen molar-refractivity contribution in [3.8, 4) is 17.1 Å². The van der Waals surface area contributed by atoms with E-state index in [0.29, 0.717) is 32.6 Å². The number of carbonyl (C=O) groups is 1. The Morgan fingerprint density at radius 2 is 1.69 bits per heavy atom. The highest BCUT2D eigenvalue weighted by Crippen LogP contribution is 2.31. The predicted octanol–water partition coefficient (Wildman–Crippen LogP) is 4.77. The van der Waals surface area contributed by atoms with E-state index in [-0.39, 0.29) is 33.8 Å². The van der Waals surface area contributed by atoms with Gasteiger partial charge in [0.15, 0.2) is 5.82 Å². The Balaban J connectivity index is 1.80. The zero-order valence-electron chi connectivity index (χ0n) is 18.6. The molecule has 3 aromatic rings. The molecule has 1 amide bonds. The van der Waals surface area contributed by atoms with Gasteiger partial charge in [0.1, 0.15) is 11.6 Å². The van der Waals surface area contributed by atoms with Crippen LogP contribution in [-0.2, 0) is 11.0 Å². The molecular formula is C24H21ClF4N4O2. The van der Waals surface area contributed by atoms with Crippen molar-refractivity contribution in [3.63, 3.8) is 0 Å². The lowest BCUT2D eigenvalue weighted by Crippen LogP contribution is -2.49. The van der Waals surface area contributed by atoms with Crippen molar-refractivity contribution in [3.05, 3.63) is 75.3 Å². The number of anilines is 1. The van der Waals surface area contributed by atoms with Crippen molar-refractivity contribution >= 4 is 23.3 Å². The number of hydrogen-bond acceptors (Lipinski definition) is 4. The van der Waals surface area contributed by atoms with Crippen LogP contribution in [0.3, 0.4) is 0 Å². The SMILES string of the molecule is CCC(=O)N1CCN(c2cc(=O)n(-c3ccc(C(F)(F)F)cc3)c(-c3ccc(Cl)cc3F)n2)CC1. The normalized spacial score (nSPS) is 14.3. The topological polar surface area (TPSA) is 58.4 Å². The molecule has 184 valence electrons. The molecule has 0 aliphatic carbocycles. The number of nitrogens with zero attached hydrogens (tertiary/aromatic N) is 4. The number of alkyl halides is 3. The first kappa shape index (κ1) is 24.7. The number of piperazine rings is 1. The quantitative estimate of drug-likeness (QED) is 0.476. The maximum atomic E-state index is 14.9. The molecule has 0 spiro atoms. The van der Waals surface area contributed by atoms with Gasteiger partial charge >= 0.3 is 6.18 Å². The average Bonchev–Trinajstić information content (AvgIpc) is 2.83. The van der Waals surface area contributed by atoms with Crippen LogP contribution in [-0.4, -0.2) is 46.5 Å². The molecule has 1 aliphatic heterocycles. The Kier molecular flexibility index (Phi) is 6.84. The van der Waals surface area contributed by atoms with Crippen molar-refractivity contribution in [1.29, 1.82) is 0 Å². The number of hydrogen-bond donors (Lipinski definition) is 0. The van der Waals surface area contributed by atoms with E-state index < -0.39 is 23.1 Å². The molecule has 0 atom stereocenters. The monoisotopic (exact) mass is 508 g/mol. The summed E-state index contributed by atoms with van der Waals surface area (Å²) in [7, 11) is 0. The van der Waals surface area contributed by atoms with Crippen LogP contribution in [0.5, 0.6) is 0 Å². The molecule has 6 nitrogen and oxygen atoms in total. The Morgan fingerprint density at radius 1 is 1.03 bits per heavy atom. The molecule has 0 unspecified atom stereocenters. The second kappa shape index (κ2) is 9.69. The van der Waals surface area contributed by atoms with Crippen LogP contribution in [0.15, 0.2) is 53.3 Å². The molecule has 2 aromatic carbocycles. The van der Waals surface area contributed by atoms with Gasteiger partial charge in [0.05, 0.1) is 16.8 Å². The van der Waals surface area contributed by atoms with Crippen LogP contribution in [0.25, 0.3) is 17.1 Å². The van der Waals surface area contributed by atoms with Crippen LogP contribution in [0.4, 0.5) is 23.4 Å². The molecule has 11 heteroatoms. The number of amides is 1. The Bertz CT molecular complexity index is 1300. The molecule has 35 heavy (non-hydrogen) atoms. The summed E-state index contributed by atoms with van der Waals surface area (Å²) in [4.78, 5) is 33.3. The largest absolute Gasteiger partial charge is 0.416 e. The fourth-order valence-electron chi connectivity index (χ4n) is 3.94. The lowest BCUT2D eigenvalue weighted by atomic mass is 10.1. The summed E-state index contributed by atoms with van der Waals surface area (Å²) in [5, 5.41) is 0.141. The zero-order chi connectivity index (χ0) is 25.3. The first-order chi connectivity index (χ1) is 16.6. The van der Waals surface area contributed by atoms with Crippen molar-refractivity contribution in [2.75, 3.05) is 31.1 Å². The summed E-state index contributed by atoms with van der Waals surface area (Å²) >= 11 is 5.88. The zero-order valence-corrected chi connectivity index (χ0v) is 19.4. The molecule has 0 radical (unpaired) electrons. The fourth-order valence-corrected chi connectivity index (χ4v) is 4.10. The summed E-state index contributed by atoms with van der Waals surface area (Å²) in [5.41, 5.74) is -1.40. The summed E-state index contributed by atoms with van der Waals surface area (Å²) in [6.45, 7) is 3.52. The van der Waals surface area contributed by atoms with Crippen molar-refractivity contribution < 1.29 is 22.4 Å². The second-order valence-corrected chi connectivity index (χ2v) is 8.44. The molecule has 0 N–H and O–H groups in total. The second-order valence-electron chi connectivity index (χ2n) is 8.00. The van der Waals surface area contributed by atoms with Crippen LogP contribution in [0.2, 0.25) is 5.02 Å². The van der Waals surface area contributed by atoms with Gasteiger partial charge in [-0.15, -0.1) is 0 Å². The number of carbonyl (C=O) groups excluding carboxylic acids is 1. The van der Waals surface area contributed by atoms with Gasteiger partial charge < -0.3 is 9.80 Å². The highest BCUT2D eigenvalue weighted by atomic mass is 35.5. The van der Waals surface area contributed by atoms with Gasteiger partial charge in [-0.25, -0.2) is 9.37 Å². The maximum absolute atomic E-state index is 14.9. The van der Waals surface area contributed by atoms with Crippen molar-refractivity contribution in [2.24, 2.45) is 0 Å². The van der Waals surface area contributed by atoms with Crippen LogP contribution < -0.4 is 10.5 Å². The Labute approximate surface area is 203 Å². The first-order valence-corrected chi connectivity index (χ1v) is 11.3. The van der Waals surface area contributed by atoms with Crippen LogP contribution in [0.1, 0.15) is 18.9 Å². The lowest BCUT2D eigenvalue weighted by molar-refractivity contribution is -0.137. The Hall–Kier alpha value is -3.40. The maximum Gasteiger partial charge on any atom is 0.416 e. The summed E-state index contributed by atoms with van der Waals surface area (Å²) < 4.78 is 55.0. The minimum absolute atomic E-state index is 0.0271. The average molecular weight is 509 g/mol. The van der Waals surface area contributed by atoms with Crippen LogP contribution >= 0.6 is 11.6 Å². The minimum atomic E-state index is -4.54. The Morgan fingerprint density at radius 3 is 2.26 bits per heavy atom. The molecule has 4 rings (SSSR count). The van der Waals surface area contributed by atoms with Gasteiger partial charge in [-0.1, -0.05) is 18.5 Å². The summed E-state index contributed by atoms with van der Waals surface area (Å²) in [6.07, 6.45) is -4.15. The molecule has 0 bridgehead atoms. The molecule has 1 fully saturated rings. The molecule has 1 aliphatic rings. The third-order valence-electron chi connectivity index (χ3n) is 5.79. The van der Waals surface area contributed by atoms with E-state index in [0.717, 1.165) is 34.9 Å². The van der Waals surface area contributed by atoms with Gasteiger partial charge in [-0.3, -0.25) is 14.2 Å². The predicted molar refractivity (Wildman–Crippen MR) is 124 cm³/mol. The number of rotatable bonds is 4. The molecule has 1 aromatic heterocycles.